The van der Waals surface area contributed by atoms with Crippen molar-refractivity contribution in [3.05, 3.63) is 70.5 Å². The maximum atomic E-state index is 14.2. The third-order valence-electron chi connectivity index (χ3n) is 6.05. The van der Waals surface area contributed by atoms with Crippen molar-refractivity contribution < 1.29 is 9.18 Å². The molecule has 1 atom stereocenters. The summed E-state index contributed by atoms with van der Waals surface area (Å²) in [7, 11) is 0. The highest BCUT2D eigenvalue weighted by Crippen LogP contribution is 2.20. The molecule has 1 fully saturated rings. The fraction of sp³-hybridized carbons (Fsp3) is 0.280. The topological polar surface area (TPSA) is 75.7 Å². The minimum absolute atomic E-state index is 0.104. The predicted octanol–water partition coefficient (Wildman–Crippen LogP) is 1.81. The van der Waals surface area contributed by atoms with Gasteiger partial charge in [0.25, 0.3) is 5.91 Å². The Bertz CT molecular complexity index is 1400. The largest absolute Gasteiger partial charge is 0.369 e. The molecular formula is C25H26FN5O. The number of hydrogen-bond acceptors (Lipinski definition) is 4. The highest BCUT2D eigenvalue weighted by molar-refractivity contribution is 6.01. The summed E-state index contributed by atoms with van der Waals surface area (Å²) in [6.07, 6.45) is 12.0. The van der Waals surface area contributed by atoms with Crippen molar-refractivity contribution in [3.63, 3.8) is 0 Å². The van der Waals surface area contributed by atoms with Gasteiger partial charge < -0.3 is 16.0 Å². The minimum atomic E-state index is -0.344. The molecule has 3 aromatic rings. The molecule has 1 aromatic carbocycles. The molecule has 5 rings (SSSR count). The number of benzene rings is 1. The number of carbonyl (C=O) groups excluding carboxylic acids is 1. The number of nitrogens with two attached hydrogens (primary N) is 1. The number of piperidine rings is 1. The van der Waals surface area contributed by atoms with Crippen molar-refractivity contribution in [3.8, 4) is 0 Å². The smallest absolute Gasteiger partial charge is 0.255 e. The highest BCUT2D eigenvalue weighted by atomic mass is 19.1. The number of carbonyl (C=O) groups is 1. The molecule has 1 amide bonds. The van der Waals surface area contributed by atoms with E-state index in [4.69, 9.17) is 10.7 Å². The van der Waals surface area contributed by atoms with E-state index in [-0.39, 0.29) is 17.8 Å². The molecule has 3 N–H and O–H groups in total. The molecule has 1 aliphatic heterocycles. The number of rotatable bonds is 3. The molecule has 1 saturated heterocycles. The van der Waals surface area contributed by atoms with Crippen LogP contribution in [0.25, 0.3) is 28.5 Å². The quantitative estimate of drug-likeness (QED) is 0.663. The third-order valence-corrected chi connectivity index (χ3v) is 6.05. The fourth-order valence-corrected chi connectivity index (χ4v) is 4.62. The number of likely N-dealkylation sites (tertiary alicyclic amines) is 1. The summed E-state index contributed by atoms with van der Waals surface area (Å²) in [6.45, 7) is 4.03. The van der Waals surface area contributed by atoms with Gasteiger partial charge in [-0.2, -0.15) is 0 Å². The number of aromatic nitrogens is 2. The van der Waals surface area contributed by atoms with Gasteiger partial charge in [-0.05, 0) is 50.1 Å². The maximum absolute atomic E-state index is 14.2. The zero-order valence-electron chi connectivity index (χ0n) is 18.0. The van der Waals surface area contributed by atoms with E-state index in [9.17, 15) is 9.18 Å². The molecule has 164 valence electrons. The number of pyridine rings is 1. The first-order chi connectivity index (χ1) is 15.6. The zero-order valence-corrected chi connectivity index (χ0v) is 18.0. The molecule has 2 aliphatic rings. The van der Waals surface area contributed by atoms with Crippen molar-refractivity contribution in [2.45, 2.75) is 25.8 Å². The molecule has 0 saturated carbocycles. The third kappa shape index (κ3) is 3.48. The van der Waals surface area contributed by atoms with Gasteiger partial charge in [0.05, 0.1) is 21.9 Å². The van der Waals surface area contributed by atoms with Crippen LogP contribution >= 0.6 is 0 Å². The second-order valence-electron chi connectivity index (χ2n) is 8.26. The Morgan fingerprint density at radius 2 is 2.16 bits per heavy atom. The van der Waals surface area contributed by atoms with Crippen molar-refractivity contribution in [1.29, 1.82) is 0 Å². The van der Waals surface area contributed by atoms with Crippen molar-refractivity contribution in [2.24, 2.45) is 5.73 Å². The van der Waals surface area contributed by atoms with E-state index in [0.717, 1.165) is 42.2 Å². The van der Waals surface area contributed by atoms with Crippen LogP contribution in [-0.4, -0.2) is 45.9 Å². The standard InChI is InChI=1S/C25H26FN5O/c1-2-28-25(32)19-14-18-21(30-12-6-7-17(27)15-30)8-4-3-5-9-22(18)31-23-13-16(26)10-11-20(23)29-24(19)31/h3-5,8-11,13-14,17H,2,6-7,12,15,27H2,1H3,(H,28,32)/b4-3?,5-3+,8-4-,9-5?,21-8?,21-18+,22-9-/t17-/m1/s1. The average molecular weight is 432 g/mol. The van der Waals surface area contributed by atoms with Crippen molar-refractivity contribution in [2.75, 3.05) is 19.6 Å². The number of fused-ring (bicyclic) bond motifs is 5. The summed E-state index contributed by atoms with van der Waals surface area (Å²) in [5.74, 6) is -0.545. The fourth-order valence-electron chi connectivity index (χ4n) is 4.62. The van der Waals surface area contributed by atoms with Crippen LogP contribution < -0.4 is 21.6 Å². The van der Waals surface area contributed by atoms with E-state index in [1.807, 2.05) is 41.7 Å². The Morgan fingerprint density at radius 3 is 2.97 bits per heavy atom. The summed E-state index contributed by atoms with van der Waals surface area (Å²) in [5.41, 5.74) is 9.53. The molecule has 6 nitrogen and oxygen atoms in total. The van der Waals surface area contributed by atoms with E-state index in [1.165, 1.54) is 12.1 Å². The van der Waals surface area contributed by atoms with Crippen LogP contribution in [-0.2, 0) is 0 Å². The van der Waals surface area contributed by atoms with Crippen molar-refractivity contribution in [1.82, 2.24) is 19.6 Å². The molecule has 1 aliphatic carbocycles. The Hall–Kier alpha value is -3.45. The van der Waals surface area contributed by atoms with Crippen LogP contribution in [0.15, 0.2) is 48.6 Å². The molecule has 32 heavy (non-hydrogen) atoms. The number of halogens is 1. The lowest BCUT2D eigenvalue weighted by molar-refractivity contribution is 0.0957. The van der Waals surface area contributed by atoms with Gasteiger partial charge in [0, 0.05) is 42.7 Å². The maximum Gasteiger partial charge on any atom is 0.255 e. The van der Waals surface area contributed by atoms with Crippen LogP contribution in [0.1, 0.15) is 30.1 Å². The number of imidazole rings is 1. The van der Waals surface area contributed by atoms with Gasteiger partial charge in [0.1, 0.15) is 5.82 Å². The second kappa shape index (κ2) is 8.24. The number of nitrogens with one attached hydrogen (secondary N) is 1. The lowest BCUT2D eigenvalue weighted by Crippen LogP contribution is -2.46. The average Bonchev–Trinajstić information content (AvgIpc) is 3.12. The summed E-state index contributed by atoms with van der Waals surface area (Å²) in [6, 6.07) is 6.53. The first-order valence-electron chi connectivity index (χ1n) is 11.1. The monoisotopic (exact) mass is 431 g/mol. The van der Waals surface area contributed by atoms with E-state index in [2.05, 4.69) is 16.3 Å². The van der Waals surface area contributed by atoms with E-state index >= 15 is 0 Å². The van der Waals surface area contributed by atoms with Gasteiger partial charge in [-0.25, -0.2) is 9.37 Å². The summed E-state index contributed by atoms with van der Waals surface area (Å²) >= 11 is 0. The molecule has 3 heterocycles. The zero-order chi connectivity index (χ0) is 22.2. The molecule has 0 unspecified atom stereocenters. The number of amides is 1. The van der Waals surface area contributed by atoms with E-state index < -0.39 is 0 Å². The first kappa shape index (κ1) is 20.5. The lowest BCUT2D eigenvalue weighted by Gasteiger charge is -2.33. The molecule has 7 heteroatoms. The van der Waals surface area contributed by atoms with Crippen LogP contribution in [0.4, 0.5) is 4.39 Å². The van der Waals surface area contributed by atoms with E-state index in [1.54, 1.807) is 6.07 Å². The molecular weight excluding hydrogens is 405 g/mol. The van der Waals surface area contributed by atoms with Crippen LogP contribution in [0.2, 0.25) is 0 Å². The highest BCUT2D eigenvalue weighted by Gasteiger charge is 2.21. The van der Waals surface area contributed by atoms with Gasteiger partial charge in [0.15, 0.2) is 5.65 Å². The summed E-state index contributed by atoms with van der Waals surface area (Å²) < 4.78 is 16.1. The number of hydrogen-bond donors (Lipinski definition) is 2. The van der Waals surface area contributed by atoms with Crippen LogP contribution in [0, 0.1) is 5.82 Å². The van der Waals surface area contributed by atoms with Crippen LogP contribution in [0.3, 0.4) is 0 Å². The summed E-state index contributed by atoms with van der Waals surface area (Å²) in [4.78, 5) is 20.0. The van der Waals surface area contributed by atoms with E-state index in [0.29, 0.717) is 28.8 Å². The van der Waals surface area contributed by atoms with Gasteiger partial charge in [0.2, 0.25) is 0 Å². The second-order valence-corrected chi connectivity index (χ2v) is 8.26. The first-order valence-corrected chi connectivity index (χ1v) is 11.1. The number of allylic oxidation sites excluding steroid dienone is 3. The normalized spacial score (nSPS) is 23.2. The van der Waals surface area contributed by atoms with Gasteiger partial charge in [-0.3, -0.25) is 9.20 Å². The summed E-state index contributed by atoms with van der Waals surface area (Å²) in [5, 5.41) is 4.65. The lowest BCUT2D eigenvalue weighted by atomic mass is 10.0. The van der Waals surface area contributed by atoms with Crippen LogP contribution in [0.5, 0.6) is 0 Å². The number of nitrogens with zero attached hydrogens (tertiary/aromatic N) is 3. The molecule has 0 radical (unpaired) electrons. The predicted molar refractivity (Wildman–Crippen MR) is 125 cm³/mol. The van der Waals surface area contributed by atoms with Gasteiger partial charge >= 0.3 is 0 Å². The molecule has 0 spiro atoms. The Morgan fingerprint density at radius 1 is 1.28 bits per heavy atom. The van der Waals surface area contributed by atoms with Gasteiger partial charge in [-0.15, -0.1) is 0 Å². The molecule has 2 aromatic heterocycles. The minimum Gasteiger partial charge on any atom is -0.369 e. The van der Waals surface area contributed by atoms with Gasteiger partial charge in [-0.1, -0.05) is 18.2 Å². The Labute approximate surface area is 185 Å². The SMILES string of the molecule is CCNC(=O)c1cc2/c(n3c1nc1ccc(F)cc13)=C/C=C/C=C\C=2N1CCC[C@@H](N)C1. The Balaban J connectivity index is 1.95. The molecule has 0 bridgehead atoms. The van der Waals surface area contributed by atoms with Crippen molar-refractivity contribution >= 4 is 34.4 Å². The Kier molecular flexibility index (Phi) is 5.27.